The SMILES string of the molecule is COC(=O)[C@@H]1CC[C@@H](C)CC1(O)c1ncc(Br)s1. The topological polar surface area (TPSA) is 59.4 Å². The Balaban J connectivity index is 2.37. The van der Waals surface area contributed by atoms with Crippen LogP contribution >= 0.6 is 27.3 Å². The van der Waals surface area contributed by atoms with Gasteiger partial charge in [-0.25, -0.2) is 4.98 Å². The maximum absolute atomic E-state index is 11.9. The number of aromatic nitrogens is 1. The third kappa shape index (κ3) is 2.46. The Morgan fingerprint density at radius 2 is 2.39 bits per heavy atom. The standard InChI is InChI=1S/C12H16BrNO3S/c1-7-3-4-8(10(15)17-2)12(16,5-7)11-14-6-9(13)18-11/h6-8,16H,3-5H2,1-2H3/t7-,8+,12?/m1/s1. The van der Waals surface area contributed by atoms with Crippen LogP contribution in [0.25, 0.3) is 0 Å². The third-order valence-electron chi connectivity index (χ3n) is 3.52. The van der Waals surface area contributed by atoms with Crippen LogP contribution in [0.2, 0.25) is 0 Å². The fraction of sp³-hybridized carbons (Fsp3) is 0.667. The zero-order chi connectivity index (χ0) is 13.3. The van der Waals surface area contributed by atoms with Gasteiger partial charge in [-0.05, 0) is 41.1 Å². The number of thiazole rings is 1. The van der Waals surface area contributed by atoms with E-state index in [0.29, 0.717) is 23.8 Å². The van der Waals surface area contributed by atoms with E-state index in [-0.39, 0.29) is 5.97 Å². The molecule has 100 valence electrons. The Labute approximate surface area is 119 Å². The van der Waals surface area contributed by atoms with Crippen LogP contribution in [0.5, 0.6) is 0 Å². The molecule has 1 heterocycles. The summed E-state index contributed by atoms with van der Waals surface area (Å²) in [6, 6.07) is 0. The Hall–Kier alpha value is -0.460. The largest absolute Gasteiger partial charge is 0.469 e. The van der Waals surface area contributed by atoms with Gasteiger partial charge in [0.15, 0.2) is 0 Å². The van der Waals surface area contributed by atoms with Gasteiger partial charge in [0.2, 0.25) is 0 Å². The lowest BCUT2D eigenvalue weighted by Crippen LogP contribution is -2.44. The molecule has 0 aliphatic heterocycles. The first-order valence-electron chi connectivity index (χ1n) is 5.89. The molecule has 6 heteroatoms. The van der Waals surface area contributed by atoms with E-state index in [2.05, 4.69) is 27.8 Å². The van der Waals surface area contributed by atoms with E-state index >= 15 is 0 Å². The molecule has 0 bridgehead atoms. The number of hydrogen-bond donors (Lipinski definition) is 1. The van der Waals surface area contributed by atoms with Crippen LogP contribution in [0.4, 0.5) is 0 Å². The lowest BCUT2D eigenvalue weighted by atomic mass is 9.71. The highest BCUT2D eigenvalue weighted by atomic mass is 79.9. The number of rotatable bonds is 2. The summed E-state index contributed by atoms with van der Waals surface area (Å²) < 4.78 is 5.67. The number of methoxy groups -OCH3 is 1. The molecule has 1 aromatic rings. The Morgan fingerprint density at radius 1 is 1.67 bits per heavy atom. The third-order valence-corrected chi connectivity index (χ3v) is 5.16. The summed E-state index contributed by atoms with van der Waals surface area (Å²) >= 11 is 4.72. The van der Waals surface area contributed by atoms with Crippen molar-refractivity contribution in [3.05, 3.63) is 15.0 Å². The number of carbonyl (C=O) groups excluding carboxylic acids is 1. The normalized spacial score (nSPS) is 32.2. The molecule has 2 rings (SSSR count). The average Bonchev–Trinajstić information content (AvgIpc) is 2.75. The van der Waals surface area contributed by atoms with Gasteiger partial charge in [0.25, 0.3) is 0 Å². The van der Waals surface area contributed by atoms with Crippen LogP contribution in [0.1, 0.15) is 31.2 Å². The molecule has 1 N–H and O–H groups in total. The summed E-state index contributed by atoms with van der Waals surface area (Å²) in [5.41, 5.74) is -1.19. The van der Waals surface area contributed by atoms with Crippen LogP contribution in [-0.4, -0.2) is 23.2 Å². The van der Waals surface area contributed by atoms with Gasteiger partial charge in [0.05, 0.1) is 23.0 Å². The maximum Gasteiger partial charge on any atom is 0.312 e. The number of nitrogens with zero attached hydrogens (tertiary/aromatic N) is 1. The van der Waals surface area contributed by atoms with Crippen LogP contribution in [0.15, 0.2) is 9.98 Å². The van der Waals surface area contributed by atoms with Crippen LogP contribution in [-0.2, 0) is 15.1 Å². The van der Waals surface area contributed by atoms with E-state index in [4.69, 9.17) is 4.74 Å². The Morgan fingerprint density at radius 3 is 2.94 bits per heavy atom. The van der Waals surface area contributed by atoms with Crippen molar-refractivity contribution >= 4 is 33.2 Å². The molecule has 18 heavy (non-hydrogen) atoms. The second-order valence-corrected chi connectivity index (χ2v) is 7.27. The Kier molecular flexibility index (Phi) is 4.08. The smallest absolute Gasteiger partial charge is 0.312 e. The molecule has 1 aliphatic rings. The van der Waals surface area contributed by atoms with Crippen LogP contribution < -0.4 is 0 Å². The van der Waals surface area contributed by atoms with Gasteiger partial charge in [-0.15, -0.1) is 11.3 Å². The summed E-state index contributed by atoms with van der Waals surface area (Å²) in [6.45, 7) is 2.08. The molecule has 0 spiro atoms. The number of hydrogen-bond acceptors (Lipinski definition) is 5. The van der Waals surface area contributed by atoms with Crippen molar-refractivity contribution in [3.8, 4) is 0 Å². The highest BCUT2D eigenvalue weighted by molar-refractivity contribution is 9.11. The predicted octanol–water partition coefficient (Wildman–Crippen LogP) is 2.70. The van der Waals surface area contributed by atoms with E-state index in [0.717, 1.165) is 10.2 Å². The lowest BCUT2D eigenvalue weighted by molar-refractivity contribution is -0.163. The quantitative estimate of drug-likeness (QED) is 0.845. The van der Waals surface area contributed by atoms with E-state index in [1.807, 2.05) is 0 Å². The molecule has 0 radical (unpaired) electrons. The molecule has 0 saturated heterocycles. The molecule has 0 aromatic carbocycles. The molecule has 1 aromatic heterocycles. The van der Waals surface area contributed by atoms with Gasteiger partial charge in [-0.3, -0.25) is 4.79 Å². The van der Waals surface area contributed by atoms with Crippen molar-refractivity contribution in [1.82, 2.24) is 4.98 Å². The monoisotopic (exact) mass is 333 g/mol. The molecule has 3 atom stereocenters. The number of esters is 1. The van der Waals surface area contributed by atoms with E-state index in [1.165, 1.54) is 18.4 Å². The number of halogens is 1. The van der Waals surface area contributed by atoms with Crippen molar-refractivity contribution in [3.63, 3.8) is 0 Å². The minimum atomic E-state index is -1.19. The molecular weight excluding hydrogens is 318 g/mol. The number of aliphatic hydroxyl groups is 1. The summed E-state index contributed by atoms with van der Waals surface area (Å²) in [5.74, 6) is -0.494. The van der Waals surface area contributed by atoms with Gasteiger partial charge >= 0.3 is 5.97 Å². The first-order valence-corrected chi connectivity index (χ1v) is 7.50. The fourth-order valence-electron chi connectivity index (χ4n) is 2.61. The summed E-state index contributed by atoms with van der Waals surface area (Å²) in [4.78, 5) is 16.1. The molecular formula is C12H16BrNO3S. The van der Waals surface area contributed by atoms with Gasteiger partial charge < -0.3 is 9.84 Å². The van der Waals surface area contributed by atoms with Crippen molar-refractivity contribution in [2.24, 2.45) is 11.8 Å². The van der Waals surface area contributed by atoms with Crippen molar-refractivity contribution in [2.45, 2.75) is 31.8 Å². The second-order valence-electron chi connectivity index (χ2n) is 4.86. The molecule has 0 amide bonds. The second kappa shape index (κ2) is 5.27. The van der Waals surface area contributed by atoms with Crippen LogP contribution in [0.3, 0.4) is 0 Å². The van der Waals surface area contributed by atoms with Gasteiger partial charge in [0.1, 0.15) is 10.6 Å². The average molecular weight is 334 g/mol. The lowest BCUT2D eigenvalue weighted by Gasteiger charge is -2.39. The first-order chi connectivity index (χ1) is 8.47. The number of ether oxygens (including phenoxy) is 1. The molecule has 4 nitrogen and oxygen atoms in total. The van der Waals surface area contributed by atoms with E-state index in [9.17, 15) is 9.90 Å². The Bertz CT molecular complexity index is 450. The van der Waals surface area contributed by atoms with Crippen molar-refractivity contribution in [1.29, 1.82) is 0 Å². The minimum Gasteiger partial charge on any atom is -0.469 e. The number of carbonyl (C=O) groups is 1. The van der Waals surface area contributed by atoms with Gasteiger partial charge in [-0.1, -0.05) is 6.92 Å². The molecule has 1 saturated carbocycles. The maximum atomic E-state index is 11.9. The van der Waals surface area contributed by atoms with Crippen molar-refractivity contribution < 1.29 is 14.6 Å². The van der Waals surface area contributed by atoms with Gasteiger partial charge in [0, 0.05) is 0 Å². The van der Waals surface area contributed by atoms with Crippen LogP contribution in [0, 0.1) is 11.8 Å². The minimum absolute atomic E-state index is 0.351. The van der Waals surface area contributed by atoms with E-state index < -0.39 is 11.5 Å². The van der Waals surface area contributed by atoms with Gasteiger partial charge in [-0.2, -0.15) is 0 Å². The summed E-state index contributed by atoms with van der Waals surface area (Å²) in [5, 5.41) is 11.5. The first kappa shape index (κ1) is 14.0. The summed E-state index contributed by atoms with van der Waals surface area (Å²) in [7, 11) is 1.36. The molecule has 1 unspecified atom stereocenters. The zero-order valence-electron chi connectivity index (χ0n) is 10.4. The predicted molar refractivity (Wildman–Crippen MR) is 72.2 cm³/mol. The van der Waals surface area contributed by atoms with E-state index in [1.54, 1.807) is 6.20 Å². The fourth-order valence-corrected chi connectivity index (χ4v) is 3.97. The zero-order valence-corrected chi connectivity index (χ0v) is 12.8. The highest BCUT2D eigenvalue weighted by Crippen LogP contribution is 2.46. The summed E-state index contributed by atoms with van der Waals surface area (Å²) in [6.07, 6.45) is 3.77. The van der Waals surface area contributed by atoms with Crippen molar-refractivity contribution in [2.75, 3.05) is 7.11 Å². The highest BCUT2D eigenvalue weighted by Gasteiger charge is 2.49. The molecule has 1 aliphatic carbocycles. The molecule has 1 fully saturated rings.